The molecule has 0 atom stereocenters. The highest BCUT2D eigenvalue weighted by Gasteiger charge is 2.20. The first-order valence-corrected chi connectivity index (χ1v) is 8.16. The van der Waals surface area contributed by atoms with E-state index in [9.17, 15) is 4.79 Å². The van der Waals surface area contributed by atoms with Crippen molar-refractivity contribution in [2.75, 3.05) is 13.7 Å². The van der Waals surface area contributed by atoms with E-state index in [1.807, 2.05) is 30.3 Å². The summed E-state index contributed by atoms with van der Waals surface area (Å²) >= 11 is 0. The lowest BCUT2D eigenvalue weighted by atomic mass is 10.1. The van der Waals surface area contributed by atoms with Gasteiger partial charge >= 0.3 is 5.97 Å². The third-order valence-corrected chi connectivity index (χ3v) is 3.69. The number of H-pyrrole nitrogens is 1. The van der Waals surface area contributed by atoms with Crippen LogP contribution in [0.25, 0.3) is 11.3 Å². The van der Waals surface area contributed by atoms with Gasteiger partial charge in [0.15, 0.2) is 17.2 Å². The van der Waals surface area contributed by atoms with Gasteiger partial charge in [0.05, 0.1) is 13.7 Å². The van der Waals surface area contributed by atoms with Gasteiger partial charge in [0.2, 0.25) is 0 Å². The van der Waals surface area contributed by atoms with E-state index in [4.69, 9.17) is 14.2 Å². The number of nitrogens with zero attached hydrogens (tertiary/aromatic N) is 2. The number of hydrogen-bond acceptors (Lipinski definition) is 6. The smallest absolute Gasteiger partial charge is 0.361 e. The summed E-state index contributed by atoms with van der Waals surface area (Å²) in [7, 11) is 1.57. The van der Waals surface area contributed by atoms with Crippen LogP contribution in [-0.2, 0) is 11.3 Å². The molecule has 1 heterocycles. The molecule has 0 fully saturated rings. The topological polar surface area (TPSA) is 86.3 Å². The Kier molecular flexibility index (Phi) is 5.48. The minimum atomic E-state index is -0.529. The molecule has 0 saturated carbocycles. The average Bonchev–Trinajstić information content (AvgIpc) is 3.17. The molecule has 3 aromatic rings. The Morgan fingerprint density at radius 1 is 1.08 bits per heavy atom. The fourth-order valence-corrected chi connectivity index (χ4v) is 2.45. The molecule has 0 bridgehead atoms. The van der Waals surface area contributed by atoms with E-state index in [1.54, 1.807) is 32.2 Å². The summed E-state index contributed by atoms with van der Waals surface area (Å²) in [5.74, 6) is 0.608. The molecule has 7 nitrogen and oxygen atoms in total. The number of aromatic nitrogens is 3. The van der Waals surface area contributed by atoms with Crippen molar-refractivity contribution in [1.29, 1.82) is 0 Å². The third-order valence-electron chi connectivity index (χ3n) is 3.69. The molecule has 0 spiro atoms. The number of benzene rings is 2. The fourth-order valence-electron chi connectivity index (χ4n) is 2.45. The van der Waals surface area contributed by atoms with E-state index < -0.39 is 5.97 Å². The zero-order valence-corrected chi connectivity index (χ0v) is 14.6. The van der Waals surface area contributed by atoms with Crippen LogP contribution in [0.15, 0.2) is 48.5 Å². The van der Waals surface area contributed by atoms with Gasteiger partial charge in [-0.05, 0) is 30.7 Å². The Bertz CT molecular complexity index is 878. The van der Waals surface area contributed by atoms with Crippen molar-refractivity contribution in [3.8, 4) is 22.8 Å². The summed E-state index contributed by atoms with van der Waals surface area (Å²) in [4.78, 5) is 12.0. The van der Waals surface area contributed by atoms with Crippen LogP contribution in [0.3, 0.4) is 0 Å². The lowest BCUT2D eigenvalue weighted by Crippen LogP contribution is -2.07. The first-order chi connectivity index (χ1) is 12.7. The van der Waals surface area contributed by atoms with E-state index in [0.717, 1.165) is 5.56 Å². The predicted molar refractivity (Wildman–Crippen MR) is 95.1 cm³/mol. The molecule has 0 aliphatic carbocycles. The first-order valence-electron chi connectivity index (χ1n) is 8.16. The number of aromatic amines is 1. The Morgan fingerprint density at radius 3 is 2.62 bits per heavy atom. The number of methoxy groups -OCH3 is 1. The summed E-state index contributed by atoms with van der Waals surface area (Å²) in [5.41, 5.74) is 2.24. The van der Waals surface area contributed by atoms with Gasteiger partial charge in [0.1, 0.15) is 12.3 Å². The van der Waals surface area contributed by atoms with Crippen molar-refractivity contribution in [3.63, 3.8) is 0 Å². The Hall–Kier alpha value is -3.35. The fraction of sp³-hybridized carbons (Fsp3) is 0.211. The number of ether oxygens (including phenoxy) is 3. The minimum absolute atomic E-state index is 0.131. The monoisotopic (exact) mass is 353 g/mol. The summed E-state index contributed by atoms with van der Waals surface area (Å²) in [5, 5.41) is 10.4. The Balaban J connectivity index is 1.88. The van der Waals surface area contributed by atoms with Crippen molar-refractivity contribution in [2.24, 2.45) is 0 Å². The normalized spacial score (nSPS) is 10.4. The Labute approximate surface area is 150 Å². The van der Waals surface area contributed by atoms with E-state index in [2.05, 4.69) is 15.4 Å². The highest BCUT2D eigenvalue weighted by molar-refractivity contribution is 5.94. The van der Waals surface area contributed by atoms with Crippen molar-refractivity contribution in [3.05, 3.63) is 59.8 Å². The van der Waals surface area contributed by atoms with E-state index >= 15 is 0 Å². The summed E-state index contributed by atoms with van der Waals surface area (Å²) < 4.78 is 16.3. The quantitative estimate of drug-likeness (QED) is 0.656. The van der Waals surface area contributed by atoms with E-state index in [0.29, 0.717) is 29.4 Å². The minimum Gasteiger partial charge on any atom is -0.493 e. The molecule has 0 aliphatic heterocycles. The lowest BCUT2D eigenvalue weighted by molar-refractivity contribution is 0.0520. The maximum atomic E-state index is 12.0. The summed E-state index contributed by atoms with van der Waals surface area (Å²) in [6.45, 7) is 2.39. The number of hydrogen-bond donors (Lipinski definition) is 1. The molecular formula is C19H19N3O4. The van der Waals surface area contributed by atoms with Crippen LogP contribution in [0.1, 0.15) is 23.0 Å². The van der Waals surface area contributed by atoms with Gasteiger partial charge in [-0.25, -0.2) is 4.79 Å². The van der Waals surface area contributed by atoms with E-state index in [-0.39, 0.29) is 12.3 Å². The Morgan fingerprint density at radius 2 is 1.88 bits per heavy atom. The number of carbonyl (C=O) groups is 1. The second-order valence-electron chi connectivity index (χ2n) is 5.38. The molecule has 0 radical (unpaired) electrons. The third kappa shape index (κ3) is 3.83. The average molecular weight is 353 g/mol. The molecule has 1 N–H and O–H groups in total. The zero-order chi connectivity index (χ0) is 18.4. The largest absolute Gasteiger partial charge is 0.493 e. The highest BCUT2D eigenvalue weighted by atomic mass is 16.5. The SMILES string of the molecule is CCOC(=O)c1n[nH]nc1-c1ccc(OC)c(OCc2ccccc2)c1. The van der Waals surface area contributed by atoms with Gasteiger partial charge in [-0.15, -0.1) is 5.10 Å². The number of rotatable bonds is 7. The second kappa shape index (κ2) is 8.15. The van der Waals surface area contributed by atoms with Gasteiger partial charge in [0.25, 0.3) is 0 Å². The predicted octanol–water partition coefficient (Wildman–Crippen LogP) is 3.24. The molecule has 0 unspecified atom stereocenters. The molecule has 0 aliphatic rings. The summed E-state index contributed by atoms with van der Waals surface area (Å²) in [6, 6.07) is 15.1. The van der Waals surface area contributed by atoms with Crippen LogP contribution >= 0.6 is 0 Å². The molecular weight excluding hydrogens is 334 g/mol. The van der Waals surface area contributed by atoms with Gasteiger partial charge in [0, 0.05) is 5.56 Å². The van der Waals surface area contributed by atoms with Gasteiger partial charge in [-0.1, -0.05) is 30.3 Å². The zero-order valence-electron chi connectivity index (χ0n) is 14.6. The molecule has 0 amide bonds. The van der Waals surface area contributed by atoms with Gasteiger partial charge < -0.3 is 14.2 Å². The van der Waals surface area contributed by atoms with Crippen molar-refractivity contribution < 1.29 is 19.0 Å². The molecule has 3 rings (SSSR count). The second-order valence-corrected chi connectivity index (χ2v) is 5.38. The van der Waals surface area contributed by atoms with Crippen LogP contribution in [-0.4, -0.2) is 35.1 Å². The number of nitrogens with one attached hydrogen (secondary N) is 1. The van der Waals surface area contributed by atoms with Crippen molar-refractivity contribution >= 4 is 5.97 Å². The maximum absolute atomic E-state index is 12.0. The van der Waals surface area contributed by atoms with Crippen molar-refractivity contribution in [2.45, 2.75) is 13.5 Å². The first kappa shape index (κ1) is 17.5. The van der Waals surface area contributed by atoms with Crippen LogP contribution in [0, 0.1) is 0 Å². The van der Waals surface area contributed by atoms with Crippen LogP contribution in [0.2, 0.25) is 0 Å². The lowest BCUT2D eigenvalue weighted by Gasteiger charge is -2.12. The van der Waals surface area contributed by atoms with Crippen LogP contribution in [0.5, 0.6) is 11.5 Å². The molecule has 7 heteroatoms. The molecule has 1 aromatic heterocycles. The highest BCUT2D eigenvalue weighted by Crippen LogP contribution is 2.33. The molecule has 134 valence electrons. The number of esters is 1. The molecule has 0 saturated heterocycles. The number of carbonyl (C=O) groups excluding carboxylic acids is 1. The van der Waals surface area contributed by atoms with Gasteiger partial charge in [-0.3, -0.25) is 0 Å². The maximum Gasteiger partial charge on any atom is 0.361 e. The molecule has 26 heavy (non-hydrogen) atoms. The van der Waals surface area contributed by atoms with Gasteiger partial charge in [-0.2, -0.15) is 10.3 Å². The summed E-state index contributed by atoms with van der Waals surface area (Å²) in [6.07, 6.45) is 0. The van der Waals surface area contributed by atoms with Crippen LogP contribution < -0.4 is 9.47 Å². The standard InChI is InChI=1S/C19H19N3O4/c1-3-25-19(23)18-17(20-22-21-18)14-9-10-15(24-2)16(11-14)26-12-13-7-5-4-6-8-13/h4-11H,3,12H2,1-2H3,(H,20,21,22). The van der Waals surface area contributed by atoms with Crippen molar-refractivity contribution in [1.82, 2.24) is 15.4 Å². The van der Waals surface area contributed by atoms with E-state index in [1.165, 1.54) is 0 Å². The van der Waals surface area contributed by atoms with Crippen LogP contribution in [0.4, 0.5) is 0 Å². The molecule has 2 aromatic carbocycles.